The van der Waals surface area contributed by atoms with Gasteiger partial charge in [0.05, 0.1) is 0 Å². The van der Waals surface area contributed by atoms with E-state index in [1.807, 2.05) is 0 Å². The van der Waals surface area contributed by atoms with Crippen molar-refractivity contribution in [1.29, 1.82) is 0 Å². The first kappa shape index (κ1) is 11.0. The molecule has 13 heavy (non-hydrogen) atoms. The second kappa shape index (κ2) is 5.61. The molecule has 2 nitrogen and oxygen atoms in total. The van der Waals surface area contributed by atoms with E-state index < -0.39 is 0 Å². The van der Waals surface area contributed by atoms with Crippen molar-refractivity contribution in [3.63, 3.8) is 0 Å². The van der Waals surface area contributed by atoms with E-state index in [9.17, 15) is 0 Å². The van der Waals surface area contributed by atoms with Crippen molar-refractivity contribution in [2.45, 2.75) is 39.2 Å². The minimum Gasteiger partial charge on any atom is -0.314 e. The van der Waals surface area contributed by atoms with Gasteiger partial charge in [0.25, 0.3) is 0 Å². The molecule has 1 rings (SSSR count). The largest absolute Gasteiger partial charge is 0.314 e. The monoisotopic (exact) mass is 184 g/mol. The number of hydrogen-bond donors (Lipinski definition) is 1. The van der Waals surface area contributed by atoms with Gasteiger partial charge in [-0.25, -0.2) is 0 Å². The molecule has 0 heterocycles. The third kappa shape index (κ3) is 6.05. The van der Waals surface area contributed by atoms with Gasteiger partial charge in [0.15, 0.2) is 0 Å². The zero-order valence-electron chi connectivity index (χ0n) is 9.34. The van der Waals surface area contributed by atoms with Crippen LogP contribution in [0.15, 0.2) is 0 Å². The summed E-state index contributed by atoms with van der Waals surface area (Å²) in [5.41, 5.74) is 0. The molecule has 1 aliphatic carbocycles. The maximum Gasteiger partial charge on any atom is 0.00682 e. The Morgan fingerprint density at radius 1 is 1.38 bits per heavy atom. The maximum absolute atomic E-state index is 3.54. The lowest BCUT2D eigenvalue weighted by molar-refractivity contribution is 0.290. The van der Waals surface area contributed by atoms with E-state index in [1.165, 1.54) is 38.9 Å². The first-order chi connectivity index (χ1) is 6.18. The van der Waals surface area contributed by atoms with Gasteiger partial charge in [-0.15, -0.1) is 0 Å². The fourth-order valence-electron chi connectivity index (χ4n) is 1.66. The summed E-state index contributed by atoms with van der Waals surface area (Å²) in [5.74, 6) is 0.793. The summed E-state index contributed by atoms with van der Waals surface area (Å²) in [6, 6.07) is 0.871. The molecule has 1 fully saturated rings. The summed E-state index contributed by atoms with van der Waals surface area (Å²) in [5, 5.41) is 3.54. The average molecular weight is 184 g/mol. The molecule has 0 bridgehead atoms. The van der Waals surface area contributed by atoms with Gasteiger partial charge in [-0.05, 0) is 45.3 Å². The zero-order chi connectivity index (χ0) is 9.68. The molecule has 0 amide bonds. The maximum atomic E-state index is 3.54. The molecule has 0 aromatic rings. The van der Waals surface area contributed by atoms with Crippen LogP contribution in [0.2, 0.25) is 0 Å². The Bertz CT molecular complexity index is 130. The quantitative estimate of drug-likeness (QED) is 0.606. The molecule has 78 valence electrons. The SMILES string of the molecule is CC(C)CN(C)CCCNC1CC1. The molecular formula is C11H24N2. The topological polar surface area (TPSA) is 15.3 Å². The van der Waals surface area contributed by atoms with Crippen LogP contribution in [-0.2, 0) is 0 Å². The van der Waals surface area contributed by atoms with E-state index in [2.05, 4.69) is 31.1 Å². The summed E-state index contributed by atoms with van der Waals surface area (Å²) >= 11 is 0. The van der Waals surface area contributed by atoms with Crippen LogP contribution in [0.5, 0.6) is 0 Å². The van der Waals surface area contributed by atoms with Crippen molar-refractivity contribution in [2.24, 2.45) is 5.92 Å². The van der Waals surface area contributed by atoms with Gasteiger partial charge in [-0.1, -0.05) is 13.8 Å². The molecule has 0 aromatic carbocycles. The van der Waals surface area contributed by atoms with Crippen LogP contribution in [0.4, 0.5) is 0 Å². The molecule has 0 saturated heterocycles. The van der Waals surface area contributed by atoms with Crippen molar-refractivity contribution < 1.29 is 0 Å². The predicted octanol–water partition coefficient (Wildman–Crippen LogP) is 1.72. The Morgan fingerprint density at radius 2 is 2.08 bits per heavy atom. The molecule has 1 aliphatic rings. The third-order valence-corrected chi connectivity index (χ3v) is 2.40. The standard InChI is InChI=1S/C11H24N2/c1-10(2)9-13(3)8-4-7-12-11-5-6-11/h10-12H,4-9H2,1-3H3. The van der Waals surface area contributed by atoms with Gasteiger partial charge >= 0.3 is 0 Å². The van der Waals surface area contributed by atoms with E-state index in [-0.39, 0.29) is 0 Å². The van der Waals surface area contributed by atoms with Gasteiger partial charge in [0.1, 0.15) is 0 Å². The van der Waals surface area contributed by atoms with Gasteiger partial charge in [0.2, 0.25) is 0 Å². The molecule has 2 heteroatoms. The Morgan fingerprint density at radius 3 is 2.62 bits per heavy atom. The summed E-state index contributed by atoms with van der Waals surface area (Å²) in [6.45, 7) is 8.21. The minimum atomic E-state index is 0.793. The van der Waals surface area contributed by atoms with Crippen molar-refractivity contribution >= 4 is 0 Å². The van der Waals surface area contributed by atoms with Crippen LogP contribution in [-0.4, -0.2) is 37.6 Å². The summed E-state index contributed by atoms with van der Waals surface area (Å²) in [6.07, 6.45) is 4.10. The second-order valence-electron chi connectivity index (χ2n) is 4.74. The van der Waals surface area contributed by atoms with Gasteiger partial charge < -0.3 is 10.2 Å². The second-order valence-corrected chi connectivity index (χ2v) is 4.74. The average Bonchev–Trinajstić information content (AvgIpc) is 2.80. The molecule has 0 radical (unpaired) electrons. The number of nitrogens with one attached hydrogen (secondary N) is 1. The molecule has 0 atom stereocenters. The Balaban J connectivity index is 1.85. The minimum absolute atomic E-state index is 0.793. The van der Waals surface area contributed by atoms with Gasteiger partial charge in [-0.2, -0.15) is 0 Å². The smallest absolute Gasteiger partial charge is 0.00682 e. The van der Waals surface area contributed by atoms with Crippen LogP contribution >= 0.6 is 0 Å². The lowest BCUT2D eigenvalue weighted by Crippen LogP contribution is -2.27. The van der Waals surface area contributed by atoms with E-state index in [0.717, 1.165) is 12.0 Å². The van der Waals surface area contributed by atoms with Crippen molar-refractivity contribution in [2.75, 3.05) is 26.7 Å². The molecule has 0 unspecified atom stereocenters. The highest BCUT2D eigenvalue weighted by Gasteiger charge is 2.19. The summed E-state index contributed by atoms with van der Waals surface area (Å²) in [4.78, 5) is 2.43. The third-order valence-electron chi connectivity index (χ3n) is 2.40. The summed E-state index contributed by atoms with van der Waals surface area (Å²) in [7, 11) is 2.22. The molecule has 1 N–H and O–H groups in total. The highest BCUT2D eigenvalue weighted by Crippen LogP contribution is 2.18. The van der Waals surface area contributed by atoms with E-state index in [1.54, 1.807) is 0 Å². The molecule has 0 aromatic heterocycles. The van der Waals surface area contributed by atoms with E-state index in [4.69, 9.17) is 0 Å². The van der Waals surface area contributed by atoms with Crippen LogP contribution in [0, 0.1) is 5.92 Å². The molecule has 1 saturated carbocycles. The Kier molecular flexibility index (Phi) is 4.74. The lowest BCUT2D eigenvalue weighted by Gasteiger charge is -2.18. The van der Waals surface area contributed by atoms with Gasteiger partial charge in [-0.3, -0.25) is 0 Å². The predicted molar refractivity (Wildman–Crippen MR) is 58.0 cm³/mol. The fraction of sp³-hybridized carbons (Fsp3) is 1.00. The number of nitrogens with zero attached hydrogens (tertiary/aromatic N) is 1. The lowest BCUT2D eigenvalue weighted by atomic mass is 10.2. The normalized spacial score (nSPS) is 17.3. The van der Waals surface area contributed by atoms with Crippen LogP contribution in [0.3, 0.4) is 0 Å². The van der Waals surface area contributed by atoms with Crippen molar-refractivity contribution in [3.8, 4) is 0 Å². The number of rotatable bonds is 7. The van der Waals surface area contributed by atoms with Crippen molar-refractivity contribution in [1.82, 2.24) is 10.2 Å². The molecule has 0 spiro atoms. The molecular weight excluding hydrogens is 160 g/mol. The van der Waals surface area contributed by atoms with Crippen LogP contribution in [0.25, 0.3) is 0 Å². The van der Waals surface area contributed by atoms with Crippen molar-refractivity contribution in [3.05, 3.63) is 0 Å². The van der Waals surface area contributed by atoms with Crippen LogP contribution in [0.1, 0.15) is 33.1 Å². The van der Waals surface area contributed by atoms with E-state index >= 15 is 0 Å². The highest BCUT2D eigenvalue weighted by atomic mass is 15.1. The Hall–Kier alpha value is -0.0800. The number of hydrogen-bond acceptors (Lipinski definition) is 2. The molecule has 0 aliphatic heterocycles. The van der Waals surface area contributed by atoms with Crippen LogP contribution < -0.4 is 5.32 Å². The fourth-order valence-corrected chi connectivity index (χ4v) is 1.66. The zero-order valence-corrected chi connectivity index (χ0v) is 9.34. The van der Waals surface area contributed by atoms with Gasteiger partial charge in [0, 0.05) is 12.6 Å². The first-order valence-electron chi connectivity index (χ1n) is 5.60. The highest BCUT2D eigenvalue weighted by molar-refractivity contribution is 4.80. The first-order valence-corrected chi connectivity index (χ1v) is 5.60. The van der Waals surface area contributed by atoms with E-state index in [0.29, 0.717) is 0 Å². The Labute approximate surface area is 82.7 Å². The summed E-state index contributed by atoms with van der Waals surface area (Å²) < 4.78 is 0.